The number of carbonyl (C=O) groups excluding carboxylic acids is 1. The van der Waals surface area contributed by atoms with Gasteiger partial charge < -0.3 is 9.47 Å². The molecule has 1 aliphatic heterocycles. The lowest BCUT2D eigenvalue weighted by molar-refractivity contribution is -0.127. The molecule has 1 aromatic carbocycles. The molecule has 2 heterocycles. The molecule has 3 rings (SSSR count). The molecule has 1 aliphatic rings. The number of halogens is 2. The zero-order chi connectivity index (χ0) is 16.2. The van der Waals surface area contributed by atoms with Crippen molar-refractivity contribution in [3.63, 3.8) is 0 Å². The third-order valence-electron chi connectivity index (χ3n) is 4.11. The van der Waals surface area contributed by atoms with E-state index >= 15 is 0 Å². The number of rotatable bonds is 3. The Morgan fingerprint density at radius 3 is 2.52 bits per heavy atom. The van der Waals surface area contributed by atoms with E-state index in [2.05, 4.69) is 4.98 Å². The van der Waals surface area contributed by atoms with Crippen LogP contribution in [0.25, 0.3) is 6.08 Å². The van der Waals surface area contributed by atoms with Crippen LogP contribution in [0.4, 0.5) is 8.78 Å². The molecular formula is C17H17F2N3O. The minimum Gasteiger partial charge on any atom is -0.339 e. The summed E-state index contributed by atoms with van der Waals surface area (Å²) in [5.74, 6) is -1.57. The Morgan fingerprint density at radius 1 is 1.22 bits per heavy atom. The van der Waals surface area contributed by atoms with Crippen LogP contribution in [0.1, 0.15) is 24.4 Å². The molecule has 120 valence electrons. The number of carbonyl (C=O) groups is 1. The average Bonchev–Trinajstić information content (AvgIpc) is 3.09. The van der Waals surface area contributed by atoms with Gasteiger partial charge in [-0.25, -0.2) is 13.8 Å². The number of amides is 1. The van der Waals surface area contributed by atoms with Crippen molar-refractivity contribution in [2.24, 2.45) is 0 Å². The topological polar surface area (TPSA) is 38.1 Å². The molecule has 1 saturated heterocycles. The van der Waals surface area contributed by atoms with Gasteiger partial charge in [-0.2, -0.15) is 0 Å². The largest absolute Gasteiger partial charge is 0.339 e. The van der Waals surface area contributed by atoms with Crippen LogP contribution in [0.15, 0.2) is 43.0 Å². The standard InChI is InChI=1S/C17H17F2N3O/c18-15-2-1-3-16(19)14(15)4-5-17(23)21-9-6-13(7-10-21)22-11-8-20-12-22/h1-5,8,11-13H,6-7,9-10H2/b5-4-. The van der Waals surface area contributed by atoms with E-state index in [0.717, 1.165) is 12.8 Å². The lowest BCUT2D eigenvalue weighted by Crippen LogP contribution is -2.38. The van der Waals surface area contributed by atoms with Gasteiger partial charge in [0.15, 0.2) is 0 Å². The van der Waals surface area contributed by atoms with Gasteiger partial charge in [0, 0.05) is 43.2 Å². The molecule has 0 radical (unpaired) electrons. The third kappa shape index (κ3) is 3.47. The first-order valence-corrected chi connectivity index (χ1v) is 7.53. The number of piperidine rings is 1. The molecule has 0 spiro atoms. The Balaban J connectivity index is 1.60. The fourth-order valence-electron chi connectivity index (χ4n) is 2.80. The van der Waals surface area contributed by atoms with E-state index in [0.29, 0.717) is 19.1 Å². The van der Waals surface area contributed by atoms with Gasteiger partial charge >= 0.3 is 0 Å². The molecule has 1 amide bonds. The third-order valence-corrected chi connectivity index (χ3v) is 4.11. The highest BCUT2D eigenvalue weighted by molar-refractivity contribution is 5.91. The van der Waals surface area contributed by atoms with Gasteiger partial charge in [0.1, 0.15) is 11.6 Å². The number of benzene rings is 1. The fraction of sp³-hybridized carbons (Fsp3) is 0.294. The van der Waals surface area contributed by atoms with Crippen LogP contribution in [0.2, 0.25) is 0 Å². The monoisotopic (exact) mass is 317 g/mol. The van der Waals surface area contributed by atoms with Gasteiger partial charge in [-0.15, -0.1) is 0 Å². The smallest absolute Gasteiger partial charge is 0.246 e. The van der Waals surface area contributed by atoms with E-state index in [1.54, 1.807) is 17.4 Å². The summed E-state index contributed by atoms with van der Waals surface area (Å²) in [7, 11) is 0. The minimum absolute atomic E-state index is 0.186. The fourth-order valence-corrected chi connectivity index (χ4v) is 2.80. The summed E-state index contributed by atoms with van der Waals surface area (Å²) < 4.78 is 29.1. The van der Waals surface area contributed by atoms with E-state index in [4.69, 9.17) is 0 Å². The maximum atomic E-state index is 13.5. The molecule has 0 saturated carbocycles. The van der Waals surface area contributed by atoms with E-state index in [1.165, 1.54) is 30.4 Å². The first-order valence-electron chi connectivity index (χ1n) is 7.53. The van der Waals surface area contributed by atoms with E-state index < -0.39 is 11.6 Å². The second-order valence-corrected chi connectivity index (χ2v) is 5.54. The van der Waals surface area contributed by atoms with Crippen LogP contribution in [0.3, 0.4) is 0 Å². The second-order valence-electron chi connectivity index (χ2n) is 5.54. The SMILES string of the molecule is O=C(/C=C\c1c(F)cccc1F)N1CCC(n2ccnc2)CC1. The van der Waals surface area contributed by atoms with Gasteiger partial charge in [0.25, 0.3) is 0 Å². The van der Waals surface area contributed by atoms with Crippen molar-refractivity contribution in [2.45, 2.75) is 18.9 Å². The predicted molar refractivity (Wildman–Crippen MR) is 82.5 cm³/mol. The number of nitrogens with zero attached hydrogens (tertiary/aromatic N) is 3. The summed E-state index contributed by atoms with van der Waals surface area (Å²) >= 11 is 0. The van der Waals surface area contributed by atoms with Crippen LogP contribution in [-0.2, 0) is 4.79 Å². The summed E-state index contributed by atoms with van der Waals surface area (Å²) in [4.78, 5) is 17.9. The van der Waals surface area contributed by atoms with Gasteiger partial charge in [-0.1, -0.05) is 6.07 Å². The first kappa shape index (κ1) is 15.4. The number of hydrogen-bond donors (Lipinski definition) is 0. The lowest BCUT2D eigenvalue weighted by atomic mass is 10.0. The van der Waals surface area contributed by atoms with Crippen molar-refractivity contribution in [3.05, 3.63) is 60.2 Å². The minimum atomic E-state index is -0.673. The Kier molecular flexibility index (Phi) is 4.50. The molecule has 1 fully saturated rings. The maximum Gasteiger partial charge on any atom is 0.246 e. The lowest BCUT2D eigenvalue weighted by Gasteiger charge is -2.31. The molecule has 0 atom stereocenters. The Labute approximate surface area is 133 Å². The van der Waals surface area contributed by atoms with Gasteiger partial charge in [0.2, 0.25) is 5.91 Å². The molecule has 4 nitrogen and oxygen atoms in total. The van der Waals surface area contributed by atoms with Crippen LogP contribution in [0.5, 0.6) is 0 Å². The molecule has 2 aromatic rings. The highest BCUT2D eigenvalue weighted by Crippen LogP contribution is 2.22. The molecule has 6 heteroatoms. The Bertz CT molecular complexity index is 684. The molecule has 0 bridgehead atoms. The molecule has 23 heavy (non-hydrogen) atoms. The molecule has 0 unspecified atom stereocenters. The average molecular weight is 317 g/mol. The second kappa shape index (κ2) is 6.73. The van der Waals surface area contributed by atoms with Crippen molar-refractivity contribution in [2.75, 3.05) is 13.1 Å². The van der Waals surface area contributed by atoms with Crippen molar-refractivity contribution >= 4 is 12.0 Å². The number of imidazole rings is 1. The summed E-state index contributed by atoms with van der Waals surface area (Å²) in [6.45, 7) is 1.23. The Morgan fingerprint density at radius 2 is 1.91 bits per heavy atom. The van der Waals surface area contributed by atoms with Crippen LogP contribution in [-0.4, -0.2) is 33.4 Å². The normalized spacial score (nSPS) is 16.2. The van der Waals surface area contributed by atoms with Gasteiger partial charge in [-0.3, -0.25) is 4.79 Å². The number of aromatic nitrogens is 2. The van der Waals surface area contributed by atoms with Crippen molar-refractivity contribution < 1.29 is 13.6 Å². The van der Waals surface area contributed by atoms with Crippen LogP contribution >= 0.6 is 0 Å². The van der Waals surface area contributed by atoms with Crippen LogP contribution < -0.4 is 0 Å². The molecule has 0 N–H and O–H groups in total. The van der Waals surface area contributed by atoms with Crippen LogP contribution in [0, 0.1) is 11.6 Å². The molecular weight excluding hydrogens is 300 g/mol. The number of likely N-dealkylation sites (tertiary alicyclic amines) is 1. The summed E-state index contributed by atoms with van der Waals surface area (Å²) in [6, 6.07) is 3.98. The zero-order valence-corrected chi connectivity index (χ0v) is 12.5. The highest BCUT2D eigenvalue weighted by Gasteiger charge is 2.22. The van der Waals surface area contributed by atoms with E-state index in [9.17, 15) is 13.6 Å². The van der Waals surface area contributed by atoms with Gasteiger partial charge in [0.05, 0.1) is 6.33 Å². The predicted octanol–water partition coefficient (Wildman–Crippen LogP) is 3.04. The summed E-state index contributed by atoms with van der Waals surface area (Å²) in [5, 5.41) is 0. The maximum absolute atomic E-state index is 13.5. The van der Waals surface area contributed by atoms with Crippen molar-refractivity contribution in [3.8, 4) is 0 Å². The first-order chi connectivity index (χ1) is 11.1. The van der Waals surface area contributed by atoms with Crippen molar-refractivity contribution in [1.29, 1.82) is 0 Å². The summed E-state index contributed by atoms with van der Waals surface area (Å²) in [5.41, 5.74) is -0.186. The summed E-state index contributed by atoms with van der Waals surface area (Å²) in [6.07, 6.45) is 9.55. The van der Waals surface area contributed by atoms with Crippen molar-refractivity contribution in [1.82, 2.24) is 14.5 Å². The highest BCUT2D eigenvalue weighted by atomic mass is 19.1. The quantitative estimate of drug-likeness (QED) is 0.816. The Hall–Kier alpha value is -2.50. The van der Waals surface area contributed by atoms with E-state index in [-0.39, 0.29) is 11.5 Å². The zero-order valence-electron chi connectivity index (χ0n) is 12.5. The van der Waals surface area contributed by atoms with Gasteiger partial charge in [-0.05, 0) is 31.1 Å². The molecule has 1 aromatic heterocycles. The molecule has 0 aliphatic carbocycles. The van der Waals surface area contributed by atoms with E-state index in [1.807, 2.05) is 10.8 Å². The number of hydrogen-bond acceptors (Lipinski definition) is 2.